The molecule has 1 heterocycles. The number of thiazole rings is 1. The second-order valence-corrected chi connectivity index (χ2v) is 10.3. The molecule has 194 valence electrons. The molecule has 9 heteroatoms. The number of halogens is 1. The van der Waals surface area contributed by atoms with Crippen molar-refractivity contribution in [2.75, 3.05) is 32.7 Å². The van der Waals surface area contributed by atoms with Gasteiger partial charge in [0.25, 0.3) is 0 Å². The summed E-state index contributed by atoms with van der Waals surface area (Å²) in [5.74, 6) is 0.0569. The van der Waals surface area contributed by atoms with E-state index in [4.69, 9.17) is 0 Å². The summed E-state index contributed by atoms with van der Waals surface area (Å²) in [6.45, 7) is 3.51. The van der Waals surface area contributed by atoms with Crippen LogP contribution < -0.4 is 15.5 Å². The van der Waals surface area contributed by atoms with Gasteiger partial charge in [0.1, 0.15) is 17.1 Å². The van der Waals surface area contributed by atoms with Gasteiger partial charge in [-0.2, -0.15) is 0 Å². The van der Waals surface area contributed by atoms with Crippen LogP contribution in [0.15, 0.2) is 41.2 Å². The van der Waals surface area contributed by atoms with Gasteiger partial charge in [-0.25, -0.2) is 4.39 Å². The summed E-state index contributed by atoms with van der Waals surface area (Å²) in [6.07, 6.45) is 6.50. The van der Waals surface area contributed by atoms with E-state index >= 15 is 0 Å². The van der Waals surface area contributed by atoms with E-state index in [9.17, 15) is 19.1 Å². The average Bonchev–Trinajstić information content (AvgIpc) is 3.54. The number of fused-ring (bicyclic) bond motifs is 1. The lowest BCUT2D eigenvalue weighted by Crippen LogP contribution is -2.44. The van der Waals surface area contributed by atoms with Crippen molar-refractivity contribution in [3.8, 4) is 5.75 Å². The maximum absolute atomic E-state index is 13.0. The lowest BCUT2D eigenvalue weighted by Gasteiger charge is -2.29. The Morgan fingerprint density at radius 1 is 1.03 bits per heavy atom. The van der Waals surface area contributed by atoms with Crippen LogP contribution in [0.25, 0.3) is 10.2 Å². The second-order valence-electron chi connectivity index (χ2n) is 9.36. The number of rotatable bonds is 13. The zero-order valence-corrected chi connectivity index (χ0v) is 21.3. The Morgan fingerprint density at radius 3 is 2.53 bits per heavy atom. The van der Waals surface area contributed by atoms with Gasteiger partial charge in [-0.15, -0.1) is 0 Å². The quantitative estimate of drug-likeness (QED) is 0.262. The van der Waals surface area contributed by atoms with E-state index in [2.05, 4.69) is 20.5 Å². The summed E-state index contributed by atoms with van der Waals surface area (Å²) in [6, 6.07) is 10.3. The van der Waals surface area contributed by atoms with Crippen LogP contribution in [-0.2, 0) is 17.6 Å². The molecule has 1 aliphatic carbocycles. The van der Waals surface area contributed by atoms with Gasteiger partial charge in [0.05, 0.1) is 4.70 Å². The molecule has 0 radical (unpaired) electrons. The van der Waals surface area contributed by atoms with Crippen LogP contribution in [0.3, 0.4) is 0 Å². The molecule has 0 bridgehead atoms. The highest BCUT2D eigenvalue weighted by Gasteiger charge is 2.25. The number of H-pyrrole nitrogens is 1. The van der Waals surface area contributed by atoms with Gasteiger partial charge >= 0.3 is 4.87 Å². The highest BCUT2D eigenvalue weighted by Crippen LogP contribution is 2.28. The number of aromatic hydroxyl groups is 1. The van der Waals surface area contributed by atoms with Crippen molar-refractivity contribution in [2.45, 2.75) is 51.0 Å². The third kappa shape index (κ3) is 7.15. The average molecular weight is 515 g/mol. The Morgan fingerprint density at radius 2 is 1.75 bits per heavy atom. The number of aromatic nitrogens is 1. The number of aromatic amines is 1. The molecule has 3 aromatic rings. The lowest BCUT2D eigenvalue weighted by atomic mass is 10.1. The summed E-state index contributed by atoms with van der Waals surface area (Å²) < 4.78 is 13.8. The van der Waals surface area contributed by atoms with Crippen molar-refractivity contribution >= 4 is 27.5 Å². The molecular weight excluding hydrogens is 479 g/mol. The predicted molar refractivity (Wildman–Crippen MR) is 142 cm³/mol. The number of hydrogen-bond donors (Lipinski definition) is 4. The summed E-state index contributed by atoms with van der Waals surface area (Å²) in [7, 11) is 0. The Hall–Kier alpha value is -2.75. The first-order valence-corrected chi connectivity index (χ1v) is 13.6. The van der Waals surface area contributed by atoms with Gasteiger partial charge in [0.15, 0.2) is 0 Å². The van der Waals surface area contributed by atoms with Crippen molar-refractivity contribution < 1.29 is 14.3 Å². The SMILES string of the molecule is O=C(CCNCCc1ccc(F)cc1)N(CCNCCc1ccc(O)c2[nH]c(=O)sc12)C1CCCC1. The Bertz CT molecular complexity index is 1190. The van der Waals surface area contributed by atoms with Gasteiger partial charge in [-0.3, -0.25) is 9.59 Å². The molecular formula is C27H35FN4O3S. The molecule has 0 spiro atoms. The predicted octanol–water partition coefficient (Wildman–Crippen LogP) is 3.56. The van der Waals surface area contributed by atoms with Crippen LogP contribution in [0, 0.1) is 5.82 Å². The normalized spacial score (nSPS) is 14.0. The maximum atomic E-state index is 13.0. The largest absolute Gasteiger partial charge is 0.506 e. The van der Waals surface area contributed by atoms with Crippen molar-refractivity contribution in [2.24, 2.45) is 0 Å². The van der Waals surface area contributed by atoms with E-state index in [1.165, 1.54) is 25.0 Å². The Kier molecular flexibility index (Phi) is 9.49. The molecule has 7 nitrogen and oxygen atoms in total. The summed E-state index contributed by atoms with van der Waals surface area (Å²) in [4.78, 5) is 29.3. The Balaban J connectivity index is 1.19. The maximum Gasteiger partial charge on any atom is 0.305 e. The molecule has 0 atom stereocenters. The van der Waals surface area contributed by atoms with Crippen LogP contribution in [0.2, 0.25) is 0 Å². The van der Waals surface area contributed by atoms with Crippen LogP contribution in [0.4, 0.5) is 4.39 Å². The molecule has 2 aromatic carbocycles. The van der Waals surface area contributed by atoms with E-state index in [1.54, 1.807) is 18.2 Å². The first kappa shape index (κ1) is 26.3. The highest BCUT2D eigenvalue weighted by atomic mass is 32.1. The van der Waals surface area contributed by atoms with E-state index in [0.29, 0.717) is 37.6 Å². The number of amides is 1. The fourth-order valence-corrected chi connectivity index (χ4v) is 5.79. The molecule has 36 heavy (non-hydrogen) atoms. The number of phenolic OH excluding ortho intramolecular Hbond substituents is 1. The number of benzene rings is 2. The number of hydrogen-bond acceptors (Lipinski definition) is 6. The minimum atomic E-state index is -0.226. The van der Waals surface area contributed by atoms with E-state index in [0.717, 1.165) is 65.9 Å². The topological polar surface area (TPSA) is 97.5 Å². The van der Waals surface area contributed by atoms with E-state index in [-0.39, 0.29) is 22.3 Å². The number of phenols is 1. The first-order valence-electron chi connectivity index (χ1n) is 12.8. The number of carbonyl (C=O) groups excluding carboxylic acids is 1. The summed E-state index contributed by atoms with van der Waals surface area (Å²) in [5.41, 5.74) is 2.61. The smallest absolute Gasteiger partial charge is 0.305 e. The fourth-order valence-electron chi connectivity index (χ4n) is 4.89. The zero-order chi connectivity index (χ0) is 25.3. The third-order valence-electron chi connectivity index (χ3n) is 6.84. The van der Waals surface area contributed by atoms with Crippen LogP contribution >= 0.6 is 11.3 Å². The zero-order valence-electron chi connectivity index (χ0n) is 20.5. The standard InChI is InChI=1S/C27H35FN4O3S/c28-21-8-5-19(6-9-21)11-14-29-16-13-24(34)32(22-3-1-2-4-22)18-17-30-15-12-20-7-10-23(33)25-26(20)36-27(35)31-25/h5-10,22,29-30,33H,1-4,11-18H2,(H,31,35). The Labute approximate surface area is 214 Å². The van der Waals surface area contributed by atoms with Gasteiger partial charge in [0.2, 0.25) is 5.91 Å². The molecule has 4 rings (SSSR count). The van der Waals surface area contributed by atoms with Crippen LogP contribution in [-0.4, -0.2) is 59.7 Å². The molecule has 1 saturated carbocycles. The molecule has 1 amide bonds. The molecule has 0 saturated heterocycles. The highest BCUT2D eigenvalue weighted by molar-refractivity contribution is 7.16. The third-order valence-corrected chi connectivity index (χ3v) is 7.80. The fraction of sp³-hybridized carbons (Fsp3) is 0.481. The molecule has 0 unspecified atom stereocenters. The van der Waals surface area contributed by atoms with Crippen LogP contribution in [0.1, 0.15) is 43.2 Å². The minimum absolute atomic E-state index is 0.0933. The molecule has 1 aliphatic rings. The monoisotopic (exact) mass is 514 g/mol. The van der Waals surface area contributed by atoms with E-state index in [1.807, 2.05) is 6.07 Å². The van der Waals surface area contributed by atoms with Gasteiger partial charge < -0.3 is 25.6 Å². The molecule has 1 aromatic heterocycles. The van der Waals surface area contributed by atoms with Crippen molar-refractivity contribution in [1.29, 1.82) is 0 Å². The number of nitrogens with one attached hydrogen (secondary N) is 3. The molecule has 1 fully saturated rings. The van der Waals surface area contributed by atoms with E-state index < -0.39 is 0 Å². The van der Waals surface area contributed by atoms with Crippen LogP contribution in [0.5, 0.6) is 5.75 Å². The summed E-state index contributed by atoms with van der Waals surface area (Å²) >= 11 is 1.12. The second kappa shape index (κ2) is 13.0. The summed E-state index contributed by atoms with van der Waals surface area (Å²) in [5, 5.41) is 16.7. The van der Waals surface area contributed by atoms with Crippen molar-refractivity contribution in [3.05, 3.63) is 63.0 Å². The molecule has 4 N–H and O–H groups in total. The number of carbonyl (C=O) groups is 1. The first-order chi connectivity index (χ1) is 17.5. The number of nitrogens with zero attached hydrogens (tertiary/aromatic N) is 1. The van der Waals surface area contributed by atoms with Crippen molar-refractivity contribution in [1.82, 2.24) is 20.5 Å². The lowest BCUT2D eigenvalue weighted by molar-refractivity contribution is -0.133. The van der Waals surface area contributed by atoms with Crippen molar-refractivity contribution in [3.63, 3.8) is 0 Å². The van der Waals surface area contributed by atoms with Gasteiger partial charge in [-0.05, 0) is 68.1 Å². The minimum Gasteiger partial charge on any atom is -0.506 e. The molecule has 0 aliphatic heterocycles. The van der Waals surface area contributed by atoms with Gasteiger partial charge in [-0.1, -0.05) is 42.4 Å². The van der Waals surface area contributed by atoms with Gasteiger partial charge in [0, 0.05) is 32.1 Å².